The van der Waals surface area contributed by atoms with Gasteiger partial charge in [-0.15, -0.1) is 11.3 Å². The van der Waals surface area contributed by atoms with Gasteiger partial charge in [-0.25, -0.2) is 0 Å². The minimum Gasteiger partial charge on any atom is -0.506 e. The first kappa shape index (κ1) is 14.4. The van der Waals surface area contributed by atoms with Crippen molar-refractivity contribution >= 4 is 28.9 Å². The SMILES string of the molecule is O=C(O)C1c2ccsc2CCN1Cc1cccc(O)c1Cl. The van der Waals surface area contributed by atoms with E-state index in [4.69, 9.17) is 11.6 Å². The summed E-state index contributed by atoms with van der Waals surface area (Å²) in [5, 5.41) is 21.4. The number of carboxylic acids is 1. The maximum atomic E-state index is 11.6. The summed E-state index contributed by atoms with van der Waals surface area (Å²) in [5.74, 6) is -0.833. The van der Waals surface area contributed by atoms with Gasteiger partial charge < -0.3 is 10.2 Å². The van der Waals surface area contributed by atoms with Gasteiger partial charge in [0.2, 0.25) is 0 Å². The van der Waals surface area contributed by atoms with Gasteiger partial charge in [-0.3, -0.25) is 9.69 Å². The third-order valence-electron chi connectivity index (χ3n) is 3.73. The lowest BCUT2D eigenvalue weighted by atomic mass is 9.99. The van der Waals surface area contributed by atoms with E-state index >= 15 is 0 Å². The van der Waals surface area contributed by atoms with Crippen molar-refractivity contribution in [1.29, 1.82) is 0 Å². The van der Waals surface area contributed by atoms with Crippen molar-refractivity contribution < 1.29 is 15.0 Å². The van der Waals surface area contributed by atoms with E-state index in [-0.39, 0.29) is 10.8 Å². The molecule has 0 radical (unpaired) electrons. The van der Waals surface area contributed by atoms with E-state index in [1.165, 1.54) is 6.07 Å². The number of aliphatic carboxylic acids is 1. The molecule has 2 aromatic rings. The van der Waals surface area contributed by atoms with Crippen LogP contribution in [0.15, 0.2) is 29.6 Å². The number of hydrogen-bond acceptors (Lipinski definition) is 4. The summed E-state index contributed by atoms with van der Waals surface area (Å²) in [6, 6.07) is 6.28. The summed E-state index contributed by atoms with van der Waals surface area (Å²) in [7, 11) is 0. The number of phenolic OH excluding ortho intramolecular Hbond substituents is 1. The summed E-state index contributed by atoms with van der Waals surface area (Å²) in [4.78, 5) is 14.7. The minimum absolute atomic E-state index is 0.0225. The number of carbonyl (C=O) groups is 1. The van der Waals surface area contributed by atoms with Gasteiger partial charge in [0.15, 0.2) is 0 Å². The molecule has 4 nitrogen and oxygen atoms in total. The van der Waals surface area contributed by atoms with Gasteiger partial charge in [0, 0.05) is 18.0 Å². The van der Waals surface area contributed by atoms with Gasteiger partial charge in [-0.1, -0.05) is 23.7 Å². The first-order valence-corrected chi connectivity index (χ1v) is 7.83. The second-order valence-electron chi connectivity index (χ2n) is 5.01. The quantitative estimate of drug-likeness (QED) is 0.910. The molecule has 1 aromatic heterocycles. The average Bonchev–Trinajstić information content (AvgIpc) is 2.91. The van der Waals surface area contributed by atoms with Crippen LogP contribution in [0.3, 0.4) is 0 Å². The lowest BCUT2D eigenvalue weighted by Gasteiger charge is -2.33. The molecule has 0 fully saturated rings. The Morgan fingerprint density at radius 3 is 3.00 bits per heavy atom. The van der Waals surface area contributed by atoms with Crippen molar-refractivity contribution in [3.8, 4) is 5.75 Å². The van der Waals surface area contributed by atoms with E-state index in [1.54, 1.807) is 17.4 Å². The maximum absolute atomic E-state index is 11.6. The standard InChI is InChI=1S/C15H14ClNO3S/c16-13-9(2-1-3-11(13)18)8-17-6-4-12-10(5-7-21-12)14(17)15(19)20/h1-3,5,7,14,18H,4,6,8H2,(H,19,20). The second kappa shape index (κ2) is 5.67. The predicted octanol–water partition coefficient (Wildman–Crippen LogP) is 3.29. The topological polar surface area (TPSA) is 60.8 Å². The number of carboxylic acid groups (broad SMARTS) is 1. The van der Waals surface area contributed by atoms with E-state index in [0.29, 0.717) is 13.1 Å². The van der Waals surface area contributed by atoms with Crippen LogP contribution in [-0.4, -0.2) is 27.6 Å². The number of halogens is 1. The zero-order valence-corrected chi connectivity index (χ0v) is 12.7. The number of thiophene rings is 1. The number of rotatable bonds is 3. The van der Waals surface area contributed by atoms with Crippen LogP contribution in [0, 0.1) is 0 Å². The number of phenols is 1. The monoisotopic (exact) mass is 323 g/mol. The summed E-state index contributed by atoms with van der Waals surface area (Å²) in [6.07, 6.45) is 0.840. The van der Waals surface area contributed by atoms with Crippen LogP contribution in [-0.2, 0) is 17.8 Å². The first-order chi connectivity index (χ1) is 10.1. The lowest BCUT2D eigenvalue weighted by Crippen LogP contribution is -2.38. The van der Waals surface area contributed by atoms with Gasteiger partial charge >= 0.3 is 5.97 Å². The highest BCUT2D eigenvalue weighted by Gasteiger charge is 2.33. The normalized spacial score (nSPS) is 18.4. The van der Waals surface area contributed by atoms with Gasteiger partial charge in [0.1, 0.15) is 11.8 Å². The molecule has 1 aromatic carbocycles. The highest BCUT2D eigenvalue weighted by atomic mass is 35.5. The number of fused-ring (bicyclic) bond motifs is 1. The summed E-state index contributed by atoms with van der Waals surface area (Å²) in [6.45, 7) is 1.07. The Hall–Kier alpha value is -1.56. The molecule has 0 saturated heterocycles. The Balaban J connectivity index is 1.92. The molecule has 0 spiro atoms. The first-order valence-electron chi connectivity index (χ1n) is 6.57. The summed E-state index contributed by atoms with van der Waals surface area (Å²) < 4.78 is 0. The molecule has 1 unspecified atom stereocenters. The Morgan fingerprint density at radius 2 is 2.24 bits per heavy atom. The van der Waals surface area contributed by atoms with Crippen LogP contribution in [0.5, 0.6) is 5.75 Å². The van der Waals surface area contributed by atoms with Crippen molar-refractivity contribution in [1.82, 2.24) is 4.90 Å². The van der Waals surface area contributed by atoms with Crippen LogP contribution < -0.4 is 0 Å². The highest BCUT2D eigenvalue weighted by Crippen LogP contribution is 2.36. The third-order valence-corrected chi connectivity index (χ3v) is 5.16. The zero-order valence-electron chi connectivity index (χ0n) is 11.1. The minimum atomic E-state index is -0.856. The Bertz CT molecular complexity index is 685. The van der Waals surface area contributed by atoms with Crippen molar-refractivity contribution in [3.05, 3.63) is 50.7 Å². The third kappa shape index (κ3) is 2.64. The molecule has 1 aliphatic rings. The van der Waals surface area contributed by atoms with E-state index in [0.717, 1.165) is 22.4 Å². The average molecular weight is 324 g/mol. The molecule has 110 valence electrons. The number of aromatic hydroxyl groups is 1. The van der Waals surface area contributed by atoms with E-state index < -0.39 is 12.0 Å². The lowest BCUT2D eigenvalue weighted by molar-refractivity contribution is -0.144. The number of nitrogens with zero attached hydrogens (tertiary/aromatic N) is 1. The second-order valence-corrected chi connectivity index (χ2v) is 6.39. The van der Waals surface area contributed by atoms with Gasteiger partial charge in [-0.05, 0) is 35.1 Å². The van der Waals surface area contributed by atoms with Crippen molar-refractivity contribution in [2.75, 3.05) is 6.54 Å². The fourth-order valence-corrected chi connectivity index (χ4v) is 3.82. The summed E-state index contributed by atoms with van der Waals surface area (Å²) >= 11 is 7.70. The molecule has 1 atom stereocenters. The van der Waals surface area contributed by atoms with Crippen LogP contribution in [0.1, 0.15) is 22.0 Å². The highest BCUT2D eigenvalue weighted by molar-refractivity contribution is 7.10. The molecule has 0 saturated carbocycles. The Labute approximate surface area is 131 Å². The molecule has 0 bridgehead atoms. The Kier molecular flexibility index (Phi) is 3.89. The number of hydrogen-bond donors (Lipinski definition) is 2. The van der Waals surface area contributed by atoms with Crippen molar-refractivity contribution in [3.63, 3.8) is 0 Å². The smallest absolute Gasteiger partial charge is 0.325 e. The van der Waals surface area contributed by atoms with Crippen LogP contribution in [0.25, 0.3) is 0 Å². The van der Waals surface area contributed by atoms with Gasteiger partial charge in [0.25, 0.3) is 0 Å². The summed E-state index contributed by atoms with van der Waals surface area (Å²) in [5.41, 5.74) is 1.61. The molecule has 2 heterocycles. The van der Waals surface area contributed by atoms with Gasteiger partial charge in [-0.2, -0.15) is 0 Å². The molecular weight excluding hydrogens is 310 g/mol. The van der Waals surface area contributed by atoms with Crippen LogP contribution in [0.2, 0.25) is 5.02 Å². The van der Waals surface area contributed by atoms with Gasteiger partial charge in [0.05, 0.1) is 5.02 Å². The van der Waals surface area contributed by atoms with Crippen molar-refractivity contribution in [2.45, 2.75) is 19.0 Å². The fraction of sp³-hybridized carbons (Fsp3) is 0.267. The molecule has 1 aliphatic heterocycles. The molecular formula is C15H14ClNO3S. The number of benzene rings is 1. The van der Waals surface area contributed by atoms with E-state index in [2.05, 4.69) is 0 Å². The van der Waals surface area contributed by atoms with E-state index in [1.807, 2.05) is 22.4 Å². The maximum Gasteiger partial charge on any atom is 0.325 e. The molecule has 0 aliphatic carbocycles. The predicted molar refractivity (Wildman–Crippen MR) is 81.9 cm³/mol. The molecule has 6 heteroatoms. The largest absolute Gasteiger partial charge is 0.506 e. The van der Waals surface area contributed by atoms with Crippen LogP contribution >= 0.6 is 22.9 Å². The van der Waals surface area contributed by atoms with E-state index in [9.17, 15) is 15.0 Å². The molecule has 2 N–H and O–H groups in total. The fourth-order valence-electron chi connectivity index (χ4n) is 2.74. The Morgan fingerprint density at radius 1 is 1.43 bits per heavy atom. The van der Waals surface area contributed by atoms with Crippen LogP contribution in [0.4, 0.5) is 0 Å². The molecule has 21 heavy (non-hydrogen) atoms. The van der Waals surface area contributed by atoms with Crippen molar-refractivity contribution in [2.24, 2.45) is 0 Å². The zero-order chi connectivity index (χ0) is 15.0. The molecule has 0 amide bonds. The molecule has 3 rings (SSSR count).